The first kappa shape index (κ1) is 19.2. The Morgan fingerprint density at radius 3 is 2.54 bits per heavy atom. The van der Waals surface area contributed by atoms with Crippen molar-refractivity contribution in [2.75, 3.05) is 19.8 Å². The molecular formula is C13H13F3N2O6. The summed E-state index contributed by atoms with van der Waals surface area (Å²) in [5.74, 6) is -2.30. The van der Waals surface area contributed by atoms with Gasteiger partial charge in [0.25, 0.3) is 5.91 Å². The average molecular weight is 350 g/mol. The maximum Gasteiger partial charge on any atom is 0.405 e. The highest BCUT2D eigenvalue weighted by Gasteiger charge is 2.28. The van der Waals surface area contributed by atoms with Gasteiger partial charge in [-0.05, 0) is 19.1 Å². The van der Waals surface area contributed by atoms with Crippen molar-refractivity contribution in [3.05, 3.63) is 33.9 Å². The van der Waals surface area contributed by atoms with Gasteiger partial charge in [0.15, 0.2) is 12.4 Å². The number of hydrogen-bond acceptors (Lipinski definition) is 6. The van der Waals surface area contributed by atoms with E-state index in [4.69, 9.17) is 4.74 Å². The maximum atomic E-state index is 11.9. The number of amides is 1. The van der Waals surface area contributed by atoms with E-state index in [1.54, 1.807) is 6.92 Å². The largest absolute Gasteiger partial charge is 0.487 e. The first-order chi connectivity index (χ1) is 11.1. The van der Waals surface area contributed by atoms with Gasteiger partial charge >= 0.3 is 17.8 Å². The number of halogens is 3. The van der Waals surface area contributed by atoms with Crippen LogP contribution >= 0.6 is 0 Å². The van der Waals surface area contributed by atoms with Crippen molar-refractivity contribution in [3.8, 4) is 5.75 Å². The Balaban J connectivity index is 2.69. The van der Waals surface area contributed by atoms with Crippen LogP contribution in [0, 0.1) is 10.1 Å². The Morgan fingerprint density at radius 2 is 2.00 bits per heavy atom. The number of nitrogens with zero attached hydrogens (tertiary/aromatic N) is 1. The minimum Gasteiger partial charge on any atom is -0.487 e. The van der Waals surface area contributed by atoms with E-state index in [1.165, 1.54) is 17.4 Å². The standard InChI is InChI=1S/C13H13F3N2O6/c1-2-23-10-4-3-8(5-9(10)18(21)22)12(20)24-6-11(19)17-7-13(14,15)16/h3-5H,2,6-7H2,1H3,(H,17,19). The summed E-state index contributed by atoms with van der Waals surface area (Å²) in [5, 5.41) is 12.4. The Kier molecular flexibility index (Phi) is 6.50. The van der Waals surface area contributed by atoms with Crippen LogP contribution in [0.5, 0.6) is 5.75 Å². The predicted molar refractivity (Wildman–Crippen MR) is 73.6 cm³/mol. The van der Waals surface area contributed by atoms with Crippen LogP contribution in [0.15, 0.2) is 18.2 Å². The smallest absolute Gasteiger partial charge is 0.405 e. The SMILES string of the molecule is CCOc1ccc(C(=O)OCC(=O)NCC(F)(F)F)cc1[N+](=O)[O-]. The molecule has 1 aromatic rings. The first-order valence-electron chi connectivity index (χ1n) is 6.56. The highest BCUT2D eigenvalue weighted by Crippen LogP contribution is 2.28. The third-order valence-electron chi connectivity index (χ3n) is 2.51. The molecule has 0 aliphatic heterocycles. The molecule has 24 heavy (non-hydrogen) atoms. The van der Waals surface area contributed by atoms with Crippen molar-refractivity contribution in [1.29, 1.82) is 0 Å². The second-order valence-corrected chi connectivity index (χ2v) is 4.34. The highest BCUT2D eigenvalue weighted by molar-refractivity contribution is 5.92. The second-order valence-electron chi connectivity index (χ2n) is 4.34. The van der Waals surface area contributed by atoms with Crippen LogP contribution in [0.25, 0.3) is 0 Å². The van der Waals surface area contributed by atoms with Crippen molar-refractivity contribution in [3.63, 3.8) is 0 Å². The Bertz CT molecular complexity index is 633. The summed E-state index contributed by atoms with van der Waals surface area (Å²) in [5.41, 5.74) is -0.721. The lowest BCUT2D eigenvalue weighted by atomic mass is 10.2. The molecule has 0 heterocycles. The Labute approximate surface area is 133 Å². The molecule has 132 valence electrons. The summed E-state index contributed by atoms with van der Waals surface area (Å²) >= 11 is 0. The van der Waals surface area contributed by atoms with Crippen molar-refractivity contribution < 1.29 is 37.2 Å². The van der Waals surface area contributed by atoms with Gasteiger partial charge in [0.1, 0.15) is 6.54 Å². The monoisotopic (exact) mass is 350 g/mol. The van der Waals surface area contributed by atoms with Gasteiger partial charge in [-0.25, -0.2) is 4.79 Å². The topological polar surface area (TPSA) is 108 Å². The minimum absolute atomic E-state index is 0.0537. The molecule has 0 radical (unpaired) electrons. The van der Waals surface area contributed by atoms with Gasteiger partial charge in [0, 0.05) is 6.07 Å². The van der Waals surface area contributed by atoms with Gasteiger partial charge in [-0.15, -0.1) is 0 Å². The molecule has 1 aromatic carbocycles. The van der Waals surface area contributed by atoms with E-state index in [0.29, 0.717) is 0 Å². The van der Waals surface area contributed by atoms with Crippen molar-refractivity contribution >= 4 is 17.6 Å². The van der Waals surface area contributed by atoms with Crippen LogP contribution in [0.1, 0.15) is 17.3 Å². The quantitative estimate of drug-likeness (QED) is 0.457. The maximum absolute atomic E-state index is 11.9. The predicted octanol–water partition coefficient (Wildman–Crippen LogP) is 1.83. The van der Waals surface area contributed by atoms with Crippen LogP contribution in [0.4, 0.5) is 18.9 Å². The van der Waals surface area contributed by atoms with Crippen LogP contribution in [0.2, 0.25) is 0 Å². The van der Waals surface area contributed by atoms with Gasteiger partial charge in [0.05, 0.1) is 17.1 Å². The molecule has 0 bridgehead atoms. The van der Waals surface area contributed by atoms with Gasteiger partial charge < -0.3 is 14.8 Å². The molecule has 0 unspecified atom stereocenters. The number of carbonyl (C=O) groups is 2. The summed E-state index contributed by atoms with van der Waals surface area (Å²) in [6.45, 7) is -0.719. The number of hydrogen-bond donors (Lipinski definition) is 1. The third kappa shape index (κ3) is 6.10. The van der Waals surface area contributed by atoms with E-state index in [-0.39, 0.29) is 17.9 Å². The van der Waals surface area contributed by atoms with E-state index in [0.717, 1.165) is 6.07 Å². The summed E-state index contributed by atoms with van der Waals surface area (Å²) in [6.07, 6.45) is -4.59. The van der Waals surface area contributed by atoms with Crippen LogP contribution in [-0.2, 0) is 9.53 Å². The summed E-state index contributed by atoms with van der Waals surface area (Å²) in [4.78, 5) is 33.0. The molecule has 0 fully saturated rings. The zero-order chi connectivity index (χ0) is 18.3. The molecule has 0 saturated heterocycles. The van der Waals surface area contributed by atoms with E-state index in [9.17, 15) is 32.9 Å². The van der Waals surface area contributed by atoms with Crippen molar-refractivity contribution in [2.45, 2.75) is 13.1 Å². The molecule has 1 amide bonds. The molecule has 1 N–H and O–H groups in total. The molecule has 0 saturated carbocycles. The molecule has 1 rings (SSSR count). The normalized spacial score (nSPS) is 10.8. The zero-order valence-electron chi connectivity index (χ0n) is 12.4. The molecule has 0 atom stereocenters. The number of nitrogens with one attached hydrogen (secondary N) is 1. The van der Waals surface area contributed by atoms with E-state index in [1.807, 2.05) is 0 Å². The van der Waals surface area contributed by atoms with Crippen molar-refractivity contribution in [1.82, 2.24) is 5.32 Å². The minimum atomic E-state index is -4.59. The number of ether oxygens (including phenoxy) is 2. The van der Waals surface area contributed by atoms with E-state index >= 15 is 0 Å². The van der Waals surface area contributed by atoms with E-state index < -0.39 is 41.8 Å². The zero-order valence-corrected chi connectivity index (χ0v) is 12.4. The van der Waals surface area contributed by atoms with Gasteiger partial charge in [0.2, 0.25) is 0 Å². The number of benzene rings is 1. The number of nitro groups is 1. The molecule has 0 aliphatic carbocycles. The molecular weight excluding hydrogens is 337 g/mol. The van der Waals surface area contributed by atoms with Crippen LogP contribution in [0.3, 0.4) is 0 Å². The fraction of sp³-hybridized carbons (Fsp3) is 0.385. The fourth-order valence-corrected chi connectivity index (χ4v) is 1.53. The van der Waals surface area contributed by atoms with Gasteiger partial charge in [-0.3, -0.25) is 14.9 Å². The van der Waals surface area contributed by atoms with E-state index in [2.05, 4.69) is 4.74 Å². The second kappa shape index (κ2) is 8.13. The summed E-state index contributed by atoms with van der Waals surface area (Å²) in [7, 11) is 0. The Morgan fingerprint density at radius 1 is 1.33 bits per heavy atom. The number of carbonyl (C=O) groups excluding carboxylic acids is 2. The van der Waals surface area contributed by atoms with Gasteiger partial charge in [-0.1, -0.05) is 0 Å². The van der Waals surface area contributed by atoms with Crippen LogP contribution in [-0.4, -0.2) is 42.7 Å². The fourth-order valence-electron chi connectivity index (χ4n) is 1.53. The number of esters is 1. The number of alkyl halides is 3. The third-order valence-corrected chi connectivity index (χ3v) is 2.51. The summed E-state index contributed by atoms with van der Waals surface area (Å²) in [6, 6.07) is 3.25. The first-order valence-corrected chi connectivity index (χ1v) is 6.56. The molecule has 8 nitrogen and oxygen atoms in total. The molecule has 11 heteroatoms. The van der Waals surface area contributed by atoms with Crippen molar-refractivity contribution in [2.24, 2.45) is 0 Å². The molecule has 0 aromatic heterocycles. The molecule has 0 aliphatic rings. The lowest BCUT2D eigenvalue weighted by Gasteiger charge is -2.09. The Hall–Kier alpha value is -2.85. The van der Waals surface area contributed by atoms with Gasteiger partial charge in [-0.2, -0.15) is 13.2 Å². The average Bonchev–Trinajstić information content (AvgIpc) is 2.50. The summed E-state index contributed by atoms with van der Waals surface area (Å²) < 4.78 is 45.2. The number of rotatable bonds is 7. The number of nitro benzene ring substituents is 1. The van der Waals surface area contributed by atoms with Crippen LogP contribution < -0.4 is 10.1 Å². The molecule has 0 spiro atoms. The lowest BCUT2D eigenvalue weighted by Crippen LogP contribution is -2.36. The lowest BCUT2D eigenvalue weighted by molar-refractivity contribution is -0.385. The highest BCUT2D eigenvalue weighted by atomic mass is 19.4.